The summed E-state index contributed by atoms with van der Waals surface area (Å²) in [5.74, 6) is -0.387. The number of carbonyl (C=O) groups is 1. The van der Waals surface area contributed by atoms with Crippen LogP contribution in [0.2, 0.25) is 13.1 Å². The molecule has 0 heterocycles. The number of ether oxygens (including phenoxy) is 1. The number of carbonyl (C=O) groups excluding carboxylic acids is 1. The first-order valence-corrected chi connectivity index (χ1v) is 10.9. The van der Waals surface area contributed by atoms with Crippen molar-refractivity contribution in [2.24, 2.45) is 11.3 Å². The molecular weight excluding hydrogens is 276 g/mol. The summed E-state index contributed by atoms with van der Waals surface area (Å²) < 4.78 is 16.6. The average molecular weight is 305 g/mol. The quantitative estimate of drug-likeness (QED) is 0.279. The average Bonchev–Trinajstić information content (AvgIpc) is 2.36. The van der Waals surface area contributed by atoms with Gasteiger partial charge in [0.15, 0.2) is 19.5 Å². The Labute approximate surface area is 121 Å². The first-order chi connectivity index (χ1) is 8.82. The van der Waals surface area contributed by atoms with Crippen molar-refractivity contribution in [1.82, 2.24) is 0 Å². The highest BCUT2D eigenvalue weighted by Crippen LogP contribution is 2.37. The number of esters is 1. The van der Waals surface area contributed by atoms with E-state index in [1.807, 2.05) is 6.92 Å². The van der Waals surface area contributed by atoms with Gasteiger partial charge in [0.1, 0.15) is 6.29 Å². The van der Waals surface area contributed by atoms with E-state index in [4.69, 9.17) is 13.6 Å². The Balaban J connectivity index is 4.93. The molecule has 0 amide bonds. The third-order valence-electron chi connectivity index (χ3n) is 3.42. The highest BCUT2D eigenvalue weighted by molar-refractivity contribution is 6.26. The van der Waals surface area contributed by atoms with Crippen molar-refractivity contribution in [3.63, 3.8) is 0 Å². The van der Waals surface area contributed by atoms with Gasteiger partial charge in [0, 0.05) is 11.0 Å². The fourth-order valence-corrected chi connectivity index (χ4v) is 3.68. The molecule has 0 radical (unpaired) electrons. The Bertz CT molecular complexity index is 299. The van der Waals surface area contributed by atoms with Gasteiger partial charge in [0.25, 0.3) is 0 Å². The second-order valence-electron chi connectivity index (χ2n) is 5.03. The third-order valence-corrected chi connectivity index (χ3v) is 4.69. The van der Waals surface area contributed by atoms with Crippen LogP contribution in [0.1, 0.15) is 27.7 Å². The van der Waals surface area contributed by atoms with Gasteiger partial charge >= 0.3 is 5.97 Å². The van der Waals surface area contributed by atoms with E-state index in [2.05, 4.69) is 33.5 Å². The molecular formula is C13H28O4Si2. The summed E-state index contributed by atoms with van der Waals surface area (Å²) in [6, 6.07) is 0. The van der Waals surface area contributed by atoms with Gasteiger partial charge < -0.3 is 13.6 Å². The molecule has 0 spiro atoms. The number of rotatable bonds is 9. The highest BCUT2D eigenvalue weighted by atomic mass is 28.2. The van der Waals surface area contributed by atoms with Crippen LogP contribution in [0.5, 0.6) is 0 Å². The summed E-state index contributed by atoms with van der Waals surface area (Å²) in [7, 11) is -1.14. The summed E-state index contributed by atoms with van der Waals surface area (Å²) in [5, 5.41) is 0. The van der Waals surface area contributed by atoms with Crippen LogP contribution in [0, 0.1) is 11.3 Å². The van der Waals surface area contributed by atoms with Crippen molar-refractivity contribution in [3.8, 4) is 0 Å². The van der Waals surface area contributed by atoms with E-state index in [-0.39, 0.29) is 23.6 Å². The summed E-state index contributed by atoms with van der Waals surface area (Å²) in [6.45, 7) is 16.3. The molecule has 6 heteroatoms. The molecule has 0 fully saturated rings. The smallest absolute Gasteiger partial charge is 0.333 e. The lowest BCUT2D eigenvalue weighted by Gasteiger charge is -2.39. The summed E-state index contributed by atoms with van der Waals surface area (Å²) >= 11 is 0. The van der Waals surface area contributed by atoms with Gasteiger partial charge in [-0.25, -0.2) is 4.79 Å². The molecule has 0 aromatic heterocycles. The van der Waals surface area contributed by atoms with Crippen molar-refractivity contribution < 1.29 is 18.4 Å². The first-order valence-electron chi connectivity index (χ1n) is 6.91. The van der Waals surface area contributed by atoms with Crippen LogP contribution in [-0.4, -0.2) is 38.4 Å². The Kier molecular flexibility index (Phi) is 8.48. The standard InChI is InChI=1S/C13H28O4Si2/c1-8-15-11(14)9(2)10(3)13(4,5)12(16-18-6)17-19-7/h10,12H,2,8,18-19H2,1,3-7H3. The maximum Gasteiger partial charge on any atom is 0.333 e. The lowest BCUT2D eigenvalue weighted by molar-refractivity contribution is -0.141. The van der Waals surface area contributed by atoms with Crippen LogP contribution in [0.25, 0.3) is 0 Å². The van der Waals surface area contributed by atoms with Crippen molar-refractivity contribution in [2.45, 2.75) is 47.1 Å². The fraction of sp³-hybridized carbons (Fsp3) is 0.769. The zero-order chi connectivity index (χ0) is 15.1. The Morgan fingerprint density at radius 2 is 1.74 bits per heavy atom. The lowest BCUT2D eigenvalue weighted by atomic mass is 9.75. The molecule has 112 valence electrons. The number of hydrogen-bond acceptors (Lipinski definition) is 4. The molecule has 0 aliphatic heterocycles. The van der Waals surface area contributed by atoms with Crippen LogP contribution in [0.4, 0.5) is 0 Å². The van der Waals surface area contributed by atoms with E-state index in [0.29, 0.717) is 12.2 Å². The van der Waals surface area contributed by atoms with E-state index >= 15 is 0 Å². The second-order valence-corrected chi connectivity index (χ2v) is 6.85. The molecule has 0 bridgehead atoms. The van der Waals surface area contributed by atoms with Crippen LogP contribution in [-0.2, 0) is 18.4 Å². The lowest BCUT2D eigenvalue weighted by Crippen LogP contribution is -2.42. The second kappa shape index (κ2) is 8.68. The Hall–Kier alpha value is -0.436. The molecule has 0 aromatic carbocycles. The van der Waals surface area contributed by atoms with E-state index < -0.39 is 19.5 Å². The van der Waals surface area contributed by atoms with Gasteiger partial charge in [0.05, 0.1) is 6.61 Å². The predicted octanol–water partition coefficient (Wildman–Crippen LogP) is 1.39. The van der Waals surface area contributed by atoms with Crippen LogP contribution in [0.15, 0.2) is 12.2 Å². The minimum atomic E-state index is -0.568. The maximum atomic E-state index is 11.8. The highest BCUT2D eigenvalue weighted by Gasteiger charge is 2.39. The van der Waals surface area contributed by atoms with Crippen LogP contribution >= 0.6 is 0 Å². The largest absolute Gasteiger partial charge is 0.463 e. The molecule has 0 rings (SSSR count). The van der Waals surface area contributed by atoms with Gasteiger partial charge in [-0.05, 0) is 12.8 Å². The van der Waals surface area contributed by atoms with Gasteiger partial charge in [-0.1, -0.05) is 40.4 Å². The topological polar surface area (TPSA) is 44.8 Å². The SMILES string of the molecule is C=C(C(=O)OCC)C(C)C(C)(C)C(O[SiH2]C)O[SiH2]C. The van der Waals surface area contributed by atoms with Gasteiger partial charge in [-0.3, -0.25) is 0 Å². The zero-order valence-electron chi connectivity index (χ0n) is 13.1. The van der Waals surface area contributed by atoms with Gasteiger partial charge in [-0.15, -0.1) is 0 Å². The monoisotopic (exact) mass is 304 g/mol. The summed E-state index contributed by atoms with van der Waals surface area (Å²) in [5.41, 5.74) is 0.190. The van der Waals surface area contributed by atoms with E-state index in [1.54, 1.807) is 6.92 Å². The molecule has 0 N–H and O–H groups in total. The Morgan fingerprint density at radius 1 is 1.26 bits per heavy atom. The summed E-state index contributed by atoms with van der Waals surface area (Å²) in [6.07, 6.45) is -0.248. The van der Waals surface area contributed by atoms with Crippen LogP contribution < -0.4 is 0 Å². The van der Waals surface area contributed by atoms with Gasteiger partial charge in [0.2, 0.25) is 0 Å². The minimum absolute atomic E-state index is 0.0577. The first kappa shape index (κ1) is 18.6. The molecule has 19 heavy (non-hydrogen) atoms. The predicted molar refractivity (Wildman–Crippen MR) is 83.5 cm³/mol. The molecule has 1 atom stereocenters. The van der Waals surface area contributed by atoms with E-state index in [1.165, 1.54) is 0 Å². The fourth-order valence-electron chi connectivity index (χ4n) is 1.83. The molecule has 0 saturated heterocycles. The molecule has 0 aliphatic carbocycles. The van der Waals surface area contributed by atoms with Crippen molar-refractivity contribution in [3.05, 3.63) is 12.2 Å². The Morgan fingerprint density at radius 3 is 2.11 bits per heavy atom. The molecule has 1 unspecified atom stereocenters. The number of hydrogen-bond donors (Lipinski definition) is 0. The molecule has 0 saturated carbocycles. The molecule has 0 aliphatic rings. The normalized spacial score (nSPS) is 16.1. The third kappa shape index (κ3) is 5.21. The van der Waals surface area contributed by atoms with E-state index in [9.17, 15) is 4.79 Å². The summed E-state index contributed by atoms with van der Waals surface area (Å²) in [4.78, 5) is 11.8. The van der Waals surface area contributed by atoms with E-state index in [0.717, 1.165) is 0 Å². The van der Waals surface area contributed by atoms with Crippen molar-refractivity contribution in [2.75, 3.05) is 6.61 Å². The van der Waals surface area contributed by atoms with Gasteiger partial charge in [-0.2, -0.15) is 0 Å². The van der Waals surface area contributed by atoms with Crippen LogP contribution in [0.3, 0.4) is 0 Å². The molecule has 0 aromatic rings. The van der Waals surface area contributed by atoms with Crippen molar-refractivity contribution in [1.29, 1.82) is 0 Å². The maximum absolute atomic E-state index is 11.8. The zero-order valence-corrected chi connectivity index (χ0v) is 15.9. The minimum Gasteiger partial charge on any atom is -0.463 e. The molecule has 4 nitrogen and oxygen atoms in total. The van der Waals surface area contributed by atoms with Crippen molar-refractivity contribution >= 4 is 25.5 Å².